The van der Waals surface area contributed by atoms with Gasteiger partial charge in [0, 0.05) is 17.8 Å². The minimum Gasteiger partial charge on any atom is -0.481 e. The van der Waals surface area contributed by atoms with E-state index in [4.69, 9.17) is 9.47 Å². The molecule has 18 heavy (non-hydrogen) atoms. The smallest absolute Gasteiger partial charge is 0.257 e. The van der Waals surface area contributed by atoms with Gasteiger partial charge in [0.2, 0.25) is 11.8 Å². The van der Waals surface area contributed by atoms with Crippen LogP contribution in [-0.2, 0) is 0 Å². The van der Waals surface area contributed by atoms with Gasteiger partial charge in [-0.05, 0) is 13.8 Å². The molecule has 0 unspecified atom stereocenters. The molecule has 0 fully saturated rings. The number of methoxy groups -OCH3 is 2. The van der Waals surface area contributed by atoms with Crippen LogP contribution in [0.4, 0.5) is 0 Å². The summed E-state index contributed by atoms with van der Waals surface area (Å²) < 4.78 is 11.9. The molecule has 0 spiro atoms. The molecule has 0 saturated carbocycles. The van der Waals surface area contributed by atoms with Crippen molar-refractivity contribution in [3.8, 4) is 17.7 Å². The van der Waals surface area contributed by atoms with Gasteiger partial charge in [0.25, 0.3) is 5.95 Å². The van der Waals surface area contributed by atoms with Crippen LogP contribution in [0.5, 0.6) is 11.8 Å². The highest BCUT2D eigenvalue weighted by molar-refractivity contribution is 5.85. The van der Waals surface area contributed by atoms with Crippen molar-refractivity contribution in [2.75, 3.05) is 14.2 Å². The van der Waals surface area contributed by atoms with Crippen LogP contribution in [0.1, 0.15) is 11.4 Å². The normalized spacial score (nSPS) is 9.78. The molecule has 0 N–H and O–H groups in total. The number of aromatic nitrogens is 4. The summed E-state index contributed by atoms with van der Waals surface area (Å²) in [5, 5.41) is 4.28. The number of hydrogen-bond donors (Lipinski definition) is 0. The van der Waals surface area contributed by atoms with Crippen molar-refractivity contribution in [1.29, 1.82) is 0 Å². The van der Waals surface area contributed by atoms with E-state index in [1.807, 2.05) is 19.9 Å². The van der Waals surface area contributed by atoms with Crippen LogP contribution in [0.2, 0.25) is 0 Å². The van der Waals surface area contributed by atoms with Crippen molar-refractivity contribution in [3.63, 3.8) is 0 Å². The molecule has 2 aromatic heterocycles. The van der Waals surface area contributed by atoms with Crippen molar-refractivity contribution >= 4 is 12.4 Å². The first-order chi connectivity index (χ1) is 8.13. The summed E-state index contributed by atoms with van der Waals surface area (Å²) in [6.45, 7) is 3.75. The zero-order valence-electron chi connectivity index (χ0n) is 10.7. The van der Waals surface area contributed by atoms with Gasteiger partial charge in [0.05, 0.1) is 19.9 Å². The highest BCUT2D eigenvalue weighted by Crippen LogP contribution is 2.18. The van der Waals surface area contributed by atoms with Crippen LogP contribution in [0, 0.1) is 13.8 Å². The van der Waals surface area contributed by atoms with E-state index in [1.165, 1.54) is 0 Å². The SMILES string of the molecule is COc1cc(C)nc(-n2nc(C)cc2OC)n1.Cl. The fraction of sp³-hybridized carbons (Fsp3) is 0.364. The molecule has 0 amide bonds. The highest BCUT2D eigenvalue weighted by Gasteiger charge is 2.12. The molecule has 6 nitrogen and oxygen atoms in total. The molecule has 0 atom stereocenters. The maximum atomic E-state index is 5.21. The Balaban J connectivity index is 0.00000162. The Kier molecular flexibility index (Phi) is 4.49. The van der Waals surface area contributed by atoms with Crippen LogP contribution in [-0.4, -0.2) is 34.0 Å². The number of rotatable bonds is 3. The monoisotopic (exact) mass is 270 g/mol. The summed E-state index contributed by atoms with van der Waals surface area (Å²) in [7, 11) is 3.15. The maximum absolute atomic E-state index is 5.21. The fourth-order valence-electron chi connectivity index (χ4n) is 1.49. The van der Waals surface area contributed by atoms with Gasteiger partial charge in [0.1, 0.15) is 0 Å². The van der Waals surface area contributed by atoms with Gasteiger partial charge in [-0.1, -0.05) is 0 Å². The van der Waals surface area contributed by atoms with Crippen molar-refractivity contribution in [3.05, 3.63) is 23.5 Å². The van der Waals surface area contributed by atoms with E-state index in [0.29, 0.717) is 17.7 Å². The van der Waals surface area contributed by atoms with Crippen molar-refractivity contribution in [2.45, 2.75) is 13.8 Å². The second-order valence-electron chi connectivity index (χ2n) is 3.59. The highest BCUT2D eigenvalue weighted by atomic mass is 35.5. The Morgan fingerprint density at radius 2 is 1.72 bits per heavy atom. The molecule has 0 radical (unpaired) electrons. The molecule has 0 saturated heterocycles. The predicted octanol–water partition coefficient (Wildman–Crippen LogP) is 1.72. The average molecular weight is 271 g/mol. The molecule has 0 aromatic carbocycles. The molecule has 2 aromatic rings. The van der Waals surface area contributed by atoms with E-state index < -0.39 is 0 Å². The van der Waals surface area contributed by atoms with Gasteiger partial charge in [-0.3, -0.25) is 0 Å². The third kappa shape index (κ3) is 2.70. The predicted molar refractivity (Wildman–Crippen MR) is 69.0 cm³/mol. The van der Waals surface area contributed by atoms with Crippen molar-refractivity contribution < 1.29 is 9.47 Å². The first kappa shape index (κ1) is 14.2. The molecule has 7 heteroatoms. The number of halogens is 1. The molecule has 0 aliphatic carbocycles. The minimum atomic E-state index is 0. The Bertz CT molecular complexity index is 542. The first-order valence-corrected chi connectivity index (χ1v) is 5.14. The van der Waals surface area contributed by atoms with Gasteiger partial charge in [-0.15, -0.1) is 12.4 Å². The molecular weight excluding hydrogens is 256 g/mol. The molecule has 2 rings (SSSR count). The largest absolute Gasteiger partial charge is 0.481 e. The first-order valence-electron chi connectivity index (χ1n) is 5.14. The number of ether oxygens (including phenoxy) is 2. The van der Waals surface area contributed by atoms with Gasteiger partial charge in [0.15, 0.2) is 0 Å². The summed E-state index contributed by atoms with van der Waals surface area (Å²) in [5.41, 5.74) is 1.65. The molecule has 2 heterocycles. The van der Waals surface area contributed by atoms with E-state index in [9.17, 15) is 0 Å². The third-order valence-electron chi connectivity index (χ3n) is 2.23. The maximum Gasteiger partial charge on any atom is 0.257 e. The summed E-state index contributed by atoms with van der Waals surface area (Å²) in [4.78, 5) is 8.53. The fourth-order valence-corrected chi connectivity index (χ4v) is 1.49. The van der Waals surface area contributed by atoms with Gasteiger partial charge in [-0.2, -0.15) is 14.8 Å². The summed E-state index contributed by atoms with van der Waals surface area (Å²) >= 11 is 0. The van der Waals surface area contributed by atoms with E-state index in [0.717, 1.165) is 11.4 Å². The van der Waals surface area contributed by atoms with Gasteiger partial charge in [-0.25, -0.2) is 4.98 Å². The lowest BCUT2D eigenvalue weighted by molar-refractivity contribution is 0.375. The van der Waals surface area contributed by atoms with E-state index in [1.54, 1.807) is 25.0 Å². The van der Waals surface area contributed by atoms with Crippen LogP contribution < -0.4 is 9.47 Å². The van der Waals surface area contributed by atoms with Crippen LogP contribution in [0.3, 0.4) is 0 Å². The van der Waals surface area contributed by atoms with Crippen molar-refractivity contribution in [2.24, 2.45) is 0 Å². The van der Waals surface area contributed by atoms with E-state index in [-0.39, 0.29) is 12.4 Å². The molecule has 0 aliphatic rings. The van der Waals surface area contributed by atoms with Gasteiger partial charge >= 0.3 is 0 Å². The summed E-state index contributed by atoms with van der Waals surface area (Å²) in [6, 6.07) is 3.57. The lowest BCUT2D eigenvalue weighted by Crippen LogP contribution is -2.07. The van der Waals surface area contributed by atoms with Crippen LogP contribution in [0.15, 0.2) is 12.1 Å². The summed E-state index contributed by atoms with van der Waals surface area (Å²) in [6.07, 6.45) is 0. The van der Waals surface area contributed by atoms with Crippen LogP contribution in [0.25, 0.3) is 5.95 Å². The lowest BCUT2D eigenvalue weighted by Gasteiger charge is -2.06. The molecular formula is C11H15ClN4O2. The standard InChI is InChI=1S/C11H14N4O2.ClH/c1-7-5-9(16-3)13-11(12-7)15-10(17-4)6-8(2)14-15;/h5-6H,1-4H3;1H. The summed E-state index contributed by atoms with van der Waals surface area (Å²) in [5.74, 6) is 1.53. The second-order valence-corrected chi connectivity index (χ2v) is 3.59. The number of hydrogen-bond acceptors (Lipinski definition) is 5. The Hall–Kier alpha value is -1.82. The van der Waals surface area contributed by atoms with Gasteiger partial charge < -0.3 is 9.47 Å². The second kappa shape index (κ2) is 5.68. The Morgan fingerprint density at radius 3 is 2.33 bits per heavy atom. The third-order valence-corrected chi connectivity index (χ3v) is 2.23. The van der Waals surface area contributed by atoms with Crippen molar-refractivity contribution in [1.82, 2.24) is 19.7 Å². The quantitative estimate of drug-likeness (QED) is 0.850. The van der Waals surface area contributed by atoms with Crippen LogP contribution >= 0.6 is 12.4 Å². The number of aryl methyl sites for hydroxylation is 2. The Labute approximate surface area is 111 Å². The minimum absolute atomic E-state index is 0. The molecule has 0 aliphatic heterocycles. The Morgan fingerprint density at radius 1 is 1.00 bits per heavy atom. The average Bonchev–Trinajstić information content (AvgIpc) is 2.69. The van der Waals surface area contributed by atoms with E-state index >= 15 is 0 Å². The lowest BCUT2D eigenvalue weighted by atomic mass is 10.4. The topological polar surface area (TPSA) is 62.1 Å². The molecule has 98 valence electrons. The number of nitrogens with zero attached hydrogens (tertiary/aromatic N) is 4. The zero-order chi connectivity index (χ0) is 12.4. The zero-order valence-corrected chi connectivity index (χ0v) is 11.5. The molecule has 0 bridgehead atoms. The van der Waals surface area contributed by atoms with E-state index in [2.05, 4.69) is 15.1 Å².